The standard InChI is InChI=1S/C13H17N3O5/c1-3-16(7-11(14)17)13(20)15-10-6-8(21-2)4-5-9(10)12(18)19/h4-6H,3,7H2,1-2H3,(H2,14,17)(H,15,20)(H,18,19). The van der Waals surface area contributed by atoms with Gasteiger partial charge in [0.2, 0.25) is 5.91 Å². The summed E-state index contributed by atoms with van der Waals surface area (Å²) in [5, 5.41) is 11.5. The average molecular weight is 295 g/mol. The summed E-state index contributed by atoms with van der Waals surface area (Å²) >= 11 is 0. The molecular formula is C13H17N3O5. The number of rotatable bonds is 6. The van der Waals surface area contributed by atoms with Crippen molar-refractivity contribution in [3.8, 4) is 5.75 Å². The van der Waals surface area contributed by atoms with Gasteiger partial charge in [0.1, 0.15) is 12.3 Å². The molecule has 1 aromatic carbocycles. The van der Waals surface area contributed by atoms with E-state index in [1.165, 1.54) is 25.3 Å². The molecule has 0 bridgehead atoms. The molecule has 1 rings (SSSR count). The third-order valence-corrected chi connectivity index (χ3v) is 2.71. The van der Waals surface area contributed by atoms with E-state index in [2.05, 4.69) is 5.32 Å². The molecule has 0 fully saturated rings. The summed E-state index contributed by atoms with van der Waals surface area (Å²) in [7, 11) is 1.42. The first-order chi connectivity index (χ1) is 9.88. The second kappa shape index (κ2) is 7.13. The molecule has 8 heteroatoms. The van der Waals surface area contributed by atoms with Gasteiger partial charge >= 0.3 is 12.0 Å². The molecule has 0 aromatic heterocycles. The molecule has 21 heavy (non-hydrogen) atoms. The van der Waals surface area contributed by atoms with Crippen LogP contribution in [0.3, 0.4) is 0 Å². The van der Waals surface area contributed by atoms with Crippen molar-refractivity contribution in [2.45, 2.75) is 6.92 Å². The Morgan fingerprint density at radius 1 is 1.38 bits per heavy atom. The zero-order chi connectivity index (χ0) is 16.0. The van der Waals surface area contributed by atoms with Gasteiger partial charge in [-0.2, -0.15) is 0 Å². The number of hydrogen-bond donors (Lipinski definition) is 3. The number of anilines is 1. The number of aromatic carboxylic acids is 1. The lowest BCUT2D eigenvalue weighted by molar-refractivity contribution is -0.118. The molecule has 0 atom stereocenters. The van der Waals surface area contributed by atoms with Crippen LogP contribution < -0.4 is 15.8 Å². The number of hydrogen-bond acceptors (Lipinski definition) is 4. The van der Waals surface area contributed by atoms with E-state index in [1.807, 2.05) is 0 Å². The van der Waals surface area contributed by atoms with Gasteiger partial charge in [0.15, 0.2) is 0 Å². The van der Waals surface area contributed by atoms with Crippen molar-refractivity contribution in [3.63, 3.8) is 0 Å². The van der Waals surface area contributed by atoms with E-state index >= 15 is 0 Å². The van der Waals surface area contributed by atoms with E-state index in [4.69, 9.17) is 15.6 Å². The summed E-state index contributed by atoms with van der Waals surface area (Å²) in [6.45, 7) is 1.67. The summed E-state index contributed by atoms with van der Waals surface area (Å²) in [5.74, 6) is -1.45. The quantitative estimate of drug-likeness (QED) is 0.714. The Hall–Kier alpha value is -2.77. The molecule has 0 aliphatic carbocycles. The monoisotopic (exact) mass is 295 g/mol. The molecule has 114 valence electrons. The number of nitrogens with two attached hydrogens (primary N) is 1. The van der Waals surface area contributed by atoms with Crippen LogP contribution in [0.2, 0.25) is 0 Å². The fraction of sp³-hybridized carbons (Fsp3) is 0.308. The van der Waals surface area contributed by atoms with Crippen LogP contribution in [0.25, 0.3) is 0 Å². The van der Waals surface area contributed by atoms with Gasteiger partial charge in [-0.05, 0) is 19.1 Å². The minimum Gasteiger partial charge on any atom is -0.497 e. The topological polar surface area (TPSA) is 122 Å². The molecule has 0 unspecified atom stereocenters. The molecule has 8 nitrogen and oxygen atoms in total. The first kappa shape index (κ1) is 16.3. The Morgan fingerprint density at radius 3 is 2.52 bits per heavy atom. The van der Waals surface area contributed by atoms with Gasteiger partial charge in [-0.25, -0.2) is 9.59 Å². The summed E-state index contributed by atoms with van der Waals surface area (Å²) in [4.78, 5) is 35.2. The third-order valence-electron chi connectivity index (χ3n) is 2.71. The Balaban J connectivity index is 3.01. The molecule has 4 N–H and O–H groups in total. The van der Waals surface area contributed by atoms with Crippen LogP contribution in [0.4, 0.5) is 10.5 Å². The van der Waals surface area contributed by atoms with Gasteiger partial charge in [-0.15, -0.1) is 0 Å². The van der Waals surface area contributed by atoms with Crippen molar-refractivity contribution in [1.82, 2.24) is 4.90 Å². The van der Waals surface area contributed by atoms with E-state index in [-0.39, 0.29) is 24.3 Å². The lowest BCUT2D eigenvalue weighted by Crippen LogP contribution is -2.41. The summed E-state index contributed by atoms with van der Waals surface area (Å²) in [5.41, 5.74) is 5.04. The van der Waals surface area contributed by atoms with E-state index in [0.29, 0.717) is 5.75 Å². The molecule has 0 radical (unpaired) electrons. The number of methoxy groups -OCH3 is 1. The third kappa shape index (κ3) is 4.37. The van der Waals surface area contributed by atoms with Crippen LogP contribution in [0.5, 0.6) is 5.75 Å². The van der Waals surface area contributed by atoms with Crippen LogP contribution in [-0.4, -0.2) is 48.1 Å². The van der Waals surface area contributed by atoms with Gasteiger partial charge in [0.25, 0.3) is 0 Å². The van der Waals surface area contributed by atoms with Crippen molar-refractivity contribution in [3.05, 3.63) is 23.8 Å². The number of primary amides is 1. The number of amides is 3. The lowest BCUT2D eigenvalue weighted by atomic mass is 10.1. The van der Waals surface area contributed by atoms with Crippen LogP contribution in [0, 0.1) is 0 Å². The van der Waals surface area contributed by atoms with Crippen LogP contribution in [-0.2, 0) is 4.79 Å². The molecule has 0 aliphatic rings. The van der Waals surface area contributed by atoms with E-state index in [9.17, 15) is 14.4 Å². The largest absolute Gasteiger partial charge is 0.497 e. The maximum Gasteiger partial charge on any atom is 0.337 e. The summed E-state index contributed by atoms with van der Waals surface area (Å²) in [6, 6.07) is 3.56. The maximum absolute atomic E-state index is 12.0. The minimum absolute atomic E-state index is 0.0785. The van der Waals surface area contributed by atoms with Crippen molar-refractivity contribution in [1.29, 1.82) is 0 Å². The number of carbonyl (C=O) groups excluding carboxylic acids is 2. The van der Waals surface area contributed by atoms with Gasteiger partial charge in [0.05, 0.1) is 18.4 Å². The van der Waals surface area contributed by atoms with Gasteiger partial charge in [-0.1, -0.05) is 0 Å². The van der Waals surface area contributed by atoms with E-state index < -0.39 is 17.9 Å². The highest BCUT2D eigenvalue weighted by molar-refractivity contribution is 6.01. The van der Waals surface area contributed by atoms with Gasteiger partial charge < -0.3 is 25.8 Å². The number of ether oxygens (including phenoxy) is 1. The molecule has 0 aliphatic heterocycles. The van der Waals surface area contributed by atoms with Crippen molar-refractivity contribution < 1.29 is 24.2 Å². The zero-order valence-electron chi connectivity index (χ0n) is 11.8. The number of carboxylic acid groups (broad SMARTS) is 1. The van der Waals surface area contributed by atoms with Gasteiger partial charge in [0, 0.05) is 12.6 Å². The van der Waals surface area contributed by atoms with Crippen molar-refractivity contribution >= 4 is 23.6 Å². The highest BCUT2D eigenvalue weighted by Gasteiger charge is 2.18. The van der Waals surface area contributed by atoms with Crippen LogP contribution >= 0.6 is 0 Å². The number of nitrogens with one attached hydrogen (secondary N) is 1. The summed E-state index contributed by atoms with van der Waals surface area (Å²) < 4.78 is 4.99. The molecule has 0 heterocycles. The lowest BCUT2D eigenvalue weighted by Gasteiger charge is -2.20. The Morgan fingerprint density at radius 2 is 2.05 bits per heavy atom. The Kier molecular flexibility index (Phi) is 5.53. The first-order valence-corrected chi connectivity index (χ1v) is 6.14. The molecule has 0 saturated heterocycles. The van der Waals surface area contributed by atoms with E-state index in [1.54, 1.807) is 6.92 Å². The second-order valence-corrected chi connectivity index (χ2v) is 4.13. The van der Waals surface area contributed by atoms with Crippen LogP contribution in [0.1, 0.15) is 17.3 Å². The fourth-order valence-corrected chi connectivity index (χ4v) is 1.65. The number of likely N-dealkylation sites (N-methyl/N-ethyl adjacent to an activating group) is 1. The zero-order valence-corrected chi connectivity index (χ0v) is 11.8. The number of benzene rings is 1. The number of urea groups is 1. The Labute approximate surface area is 121 Å². The highest BCUT2D eigenvalue weighted by atomic mass is 16.5. The maximum atomic E-state index is 12.0. The normalized spacial score (nSPS) is 9.81. The molecule has 1 aromatic rings. The van der Waals surface area contributed by atoms with Crippen LogP contribution in [0.15, 0.2) is 18.2 Å². The molecule has 0 saturated carbocycles. The summed E-state index contributed by atoms with van der Waals surface area (Å²) in [6.07, 6.45) is 0. The number of carboxylic acids is 1. The van der Waals surface area contributed by atoms with E-state index in [0.717, 1.165) is 4.90 Å². The average Bonchev–Trinajstić information content (AvgIpc) is 2.43. The predicted molar refractivity (Wildman–Crippen MR) is 75.4 cm³/mol. The number of nitrogens with zero attached hydrogens (tertiary/aromatic N) is 1. The minimum atomic E-state index is -1.19. The Bertz CT molecular complexity index is 559. The smallest absolute Gasteiger partial charge is 0.337 e. The number of carbonyl (C=O) groups is 3. The van der Waals surface area contributed by atoms with Crippen molar-refractivity contribution in [2.24, 2.45) is 5.73 Å². The molecular weight excluding hydrogens is 278 g/mol. The molecule has 3 amide bonds. The SMILES string of the molecule is CCN(CC(N)=O)C(=O)Nc1cc(OC)ccc1C(=O)O. The fourth-order valence-electron chi connectivity index (χ4n) is 1.65. The second-order valence-electron chi connectivity index (χ2n) is 4.13. The first-order valence-electron chi connectivity index (χ1n) is 6.14. The predicted octanol–water partition coefficient (Wildman–Crippen LogP) is 0.732. The molecule has 0 spiro atoms. The van der Waals surface area contributed by atoms with Gasteiger partial charge in [-0.3, -0.25) is 4.79 Å². The van der Waals surface area contributed by atoms with Crippen molar-refractivity contribution in [2.75, 3.05) is 25.5 Å². The highest BCUT2D eigenvalue weighted by Crippen LogP contribution is 2.23.